The van der Waals surface area contributed by atoms with Gasteiger partial charge in [0.15, 0.2) is 0 Å². The monoisotopic (exact) mass is 429 g/mol. The molecular weight excluding hydrogens is 401 g/mol. The smallest absolute Gasteiger partial charge is 0.225 e. The zero-order chi connectivity index (χ0) is 20.7. The topological polar surface area (TPSA) is 38.1 Å². The quantitative estimate of drug-likeness (QED) is 0.616. The van der Waals surface area contributed by atoms with Gasteiger partial charge in [-0.2, -0.15) is 0 Å². The number of carbonyl (C=O) groups excluding carboxylic acids is 1. The predicted molar refractivity (Wildman–Crippen MR) is 116 cm³/mol. The molecule has 1 aromatic heterocycles. The van der Waals surface area contributed by atoms with Crippen LogP contribution in [0.2, 0.25) is 5.02 Å². The summed E-state index contributed by atoms with van der Waals surface area (Å²) in [4.78, 5) is 19.1. The lowest BCUT2D eigenvalue weighted by atomic mass is 9.76. The Kier molecular flexibility index (Phi) is 5.34. The fraction of sp³-hybridized carbons (Fsp3) is 0.583. The van der Waals surface area contributed by atoms with Crippen LogP contribution in [0.1, 0.15) is 69.4 Å². The number of piperidine rings is 1. The highest BCUT2D eigenvalue weighted by Gasteiger charge is 2.40. The van der Waals surface area contributed by atoms with Crippen LogP contribution in [0.15, 0.2) is 30.7 Å². The van der Waals surface area contributed by atoms with Crippen molar-refractivity contribution >= 4 is 17.5 Å². The van der Waals surface area contributed by atoms with Gasteiger partial charge in [-0.15, -0.1) is 0 Å². The summed E-state index contributed by atoms with van der Waals surface area (Å²) in [6.45, 7) is 1.76. The Morgan fingerprint density at radius 3 is 2.73 bits per heavy atom. The van der Waals surface area contributed by atoms with Gasteiger partial charge in [-0.25, -0.2) is 9.37 Å². The van der Waals surface area contributed by atoms with Crippen LogP contribution in [0.5, 0.6) is 0 Å². The zero-order valence-electron chi connectivity index (χ0n) is 17.3. The Morgan fingerprint density at radius 1 is 1.20 bits per heavy atom. The summed E-state index contributed by atoms with van der Waals surface area (Å²) in [7, 11) is 0. The minimum Gasteiger partial charge on any atom is -0.342 e. The van der Waals surface area contributed by atoms with E-state index in [1.807, 2.05) is 29.6 Å². The summed E-state index contributed by atoms with van der Waals surface area (Å²) in [5.41, 5.74) is 2.06. The fourth-order valence-corrected chi connectivity index (χ4v) is 5.98. The maximum atomic E-state index is 15.7. The lowest BCUT2D eigenvalue weighted by Crippen LogP contribution is -2.42. The first-order valence-corrected chi connectivity index (χ1v) is 11.7. The molecule has 2 aliphatic heterocycles. The number of carbonyl (C=O) groups is 1. The molecule has 6 heteroatoms. The summed E-state index contributed by atoms with van der Waals surface area (Å²) >= 11 is 6.53. The van der Waals surface area contributed by atoms with E-state index in [9.17, 15) is 4.79 Å². The Balaban J connectivity index is 1.23. The van der Waals surface area contributed by atoms with E-state index in [1.54, 1.807) is 0 Å². The molecule has 160 valence electrons. The number of likely N-dealkylation sites (tertiary alicyclic amines) is 1. The highest BCUT2D eigenvalue weighted by Crippen LogP contribution is 2.47. The van der Waals surface area contributed by atoms with Crippen molar-refractivity contribution < 1.29 is 9.18 Å². The van der Waals surface area contributed by atoms with Crippen molar-refractivity contribution in [2.24, 2.45) is 5.92 Å². The van der Waals surface area contributed by atoms with Gasteiger partial charge in [-0.3, -0.25) is 4.79 Å². The third-order valence-electron chi connectivity index (χ3n) is 7.43. The number of benzene rings is 1. The normalized spacial score (nSPS) is 28.3. The second-order valence-electron chi connectivity index (χ2n) is 9.25. The summed E-state index contributed by atoms with van der Waals surface area (Å²) in [6.07, 6.45) is 10.6. The van der Waals surface area contributed by atoms with Crippen molar-refractivity contribution in [2.75, 3.05) is 13.1 Å². The molecule has 1 saturated heterocycles. The van der Waals surface area contributed by atoms with Crippen LogP contribution in [0, 0.1) is 5.92 Å². The Hall–Kier alpha value is -1.88. The van der Waals surface area contributed by atoms with Gasteiger partial charge in [0.2, 0.25) is 5.91 Å². The molecule has 0 radical (unpaired) electrons. The number of amides is 1. The molecular formula is C24H29ClFN3O. The molecule has 3 heterocycles. The standard InChI is InChI=1S/C24H29ClFN3O/c25-19-6-4-5-18-21-15-27-16-29(21)20(22(18)19)9-12-24(26)10-7-17(8-11-24)23(30)28-13-2-1-3-14-28/h4-6,15-17,20H,1-3,7-14H2. The van der Waals surface area contributed by atoms with Crippen molar-refractivity contribution in [2.45, 2.75) is 69.5 Å². The van der Waals surface area contributed by atoms with E-state index in [2.05, 4.69) is 15.6 Å². The number of nitrogens with zero attached hydrogens (tertiary/aromatic N) is 3. The molecule has 0 bridgehead atoms. The van der Waals surface area contributed by atoms with Gasteiger partial charge >= 0.3 is 0 Å². The summed E-state index contributed by atoms with van der Waals surface area (Å²) in [6, 6.07) is 5.97. The lowest BCUT2D eigenvalue weighted by molar-refractivity contribution is -0.138. The third kappa shape index (κ3) is 3.55. The maximum absolute atomic E-state index is 15.7. The molecule has 1 saturated carbocycles. The number of hydrogen-bond acceptors (Lipinski definition) is 2. The molecule has 1 amide bonds. The molecule has 1 unspecified atom stereocenters. The first kappa shape index (κ1) is 20.0. The molecule has 0 spiro atoms. The van der Waals surface area contributed by atoms with Gasteiger partial charge in [0.05, 0.1) is 24.3 Å². The van der Waals surface area contributed by atoms with Gasteiger partial charge in [0, 0.05) is 35.2 Å². The Morgan fingerprint density at radius 2 is 1.97 bits per heavy atom. The van der Waals surface area contributed by atoms with Crippen LogP contribution >= 0.6 is 11.6 Å². The molecule has 4 nitrogen and oxygen atoms in total. The minimum absolute atomic E-state index is 0.00822. The molecule has 1 atom stereocenters. The van der Waals surface area contributed by atoms with Crippen LogP contribution < -0.4 is 0 Å². The van der Waals surface area contributed by atoms with Crippen LogP contribution in [-0.2, 0) is 4.79 Å². The van der Waals surface area contributed by atoms with E-state index in [0.29, 0.717) is 38.5 Å². The van der Waals surface area contributed by atoms with E-state index in [-0.39, 0.29) is 17.9 Å². The van der Waals surface area contributed by atoms with E-state index in [4.69, 9.17) is 11.6 Å². The summed E-state index contributed by atoms with van der Waals surface area (Å²) in [5, 5.41) is 0.741. The zero-order valence-corrected chi connectivity index (χ0v) is 18.1. The number of alkyl halides is 1. The highest BCUT2D eigenvalue weighted by atomic mass is 35.5. The Bertz CT molecular complexity index is 928. The van der Waals surface area contributed by atoms with Crippen LogP contribution in [-0.4, -0.2) is 39.1 Å². The number of aromatic nitrogens is 2. The van der Waals surface area contributed by atoms with Crippen LogP contribution in [0.3, 0.4) is 0 Å². The van der Waals surface area contributed by atoms with Gasteiger partial charge in [-0.05, 0) is 63.9 Å². The van der Waals surface area contributed by atoms with Gasteiger partial charge < -0.3 is 9.47 Å². The SMILES string of the molecule is O=C(C1CCC(F)(CCC2c3c(Cl)cccc3-c3cncn32)CC1)N1CCCCC1. The molecule has 1 aliphatic carbocycles. The number of hydrogen-bond donors (Lipinski definition) is 0. The largest absolute Gasteiger partial charge is 0.342 e. The number of rotatable bonds is 4. The summed E-state index contributed by atoms with van der Waals surface area (Å²) < 4.78 is 17.8. The maximum Gasteiger partial charge on any atom is 0.225 e. The van der Waals surface area contributed by atoms with Gasteiger partial charge in [0.25, 0.3) is 0 Å². The average molecular weight is 430 g/mol. The van der Waals surface area contributed by atoms with Crippen molar-refractivity contribution in [3.05, 3.63) is 41.3 Å². The lowest BCUT2D eigenvalue weighted by Gasteiger charge is -2.37. The molecule has 30 heavy (non-hydrogen) atoms. The second kappa shape index (κ2) is 7.99. The predicted octanol–water partition coefficient (Wildman–Crippen LogP) is 5.80. The number of imidazole rings is 1. The summed E-state index contributed by atoms with van der Waals surface area (Å²) in [5.74, 6) is 0.269. The van der Waals surface area contributed by atoms with E-state index in [0.717, 1.165) is 47.8 Å². The van der Waals surface area contributed by atoms with Crippen molar-refractivity contribution in [3.63, 3.8) is 0 Å². The molecule has 5 rings (SSSR count). The third-order valence-corrected chi connectivity index (χ3v) is 7.76. The van der Waals surface area contributed by atoms with Crippen LogP contribution in [0.4, 0.5) is 4.39 Å². The first-order chi connectivity index (χ1) is 14.6. The van der Waals surface area contributed by atoms with Gasteiger partial charge in [-0.1, -0.05) is 23.7 Å². The van der Waals surface area contributed by atoms with Gasteiger partial charge in [0.1, 0.15) is 5.67 Å². The molecule has 0 N–H and O–H groups in total. The average Bonchev–Trinajstić information content (AvgIpc) is 3.35. The molecule has 3 aliphatic rings. The fourth-order valence-electron chi connectivity index (χ4n) is 5.68. The molecule has 2 aromatic rings. The van der Waals surface area contributed by atoms with Crippen molar-refractivity contribution in [1.82, 2.24) is 14.5 Å². The van der Waals surface area contributed by atoms with Crippen LogP contribution in [0.25, 0.3) is 11.3 Å². The molecule has 1 aromatic carbocycles. The Labute approximate surface area is 182 Å². The first-order valence-electron chi connectivity index (χ1n) is 11.3. The van der Waals surface area contributed by atoms with Crippen molar-refractivity contribution in [3.8, 4) is 11.3 Å². The van der Waals surface area contributed by atoms with E-state index < -0.39 is 5.67 Å². The second-order valence-corrected chi connectivity index (χ2v) is 9.66. The molecule has 2 fully saturated rings. The van der Waals surface area contributed by atoms with E-state index in [1.165, 1.54) is 6.42 Å². The van der Waals surface area contributed by atoms with E-state index >= 15 is 4.39 Å². The highest BCUT2D eigenvalue weighted by molar-refractivity contribution is 6.32. The number of fused-ring (bicyclic) bond motifs is 3. The minimum atomic E-state index is -1.19. The number of halogens is 2. The van der Waals surface area contributed by atoms with Crippen molar-refractivity contribution in [1.29, 1.82) is 0 Å².